The normalized spacial score (nSPS) is 20.9. The summed E-state index contributed by atoms with van der Waals surface area (Å²) in [5.74, 6) is -0.472. The molecule has 0 N–H and O–H groups in total. The zero-order valence-electron chi connectivity index (χ0n) is 12.2. The van der Waals surface area contributed by atoms with Crippen molar-refractivity contribution in [3.8, 4) is 0 Å². The first-order valence-electron chi connectivity index (χ1n) is 7.21. The topological polar surface area (TPSA) is 52.6 Å². The number of ether oxygens (including phenoxy) is 2. The Morgan fingerprint density at radius 2 is 2.10 bits per heavy atom. The highest BCUT2D eigenvalue weighted by atomic mass is 16.6. The van der Waals surface area contributed by atoms with Crippen LogP contribution in [0.1, 0.15) is 37.9 Å². The van der Waals surface area contributed by atoms with E-state index in [-0.39, 0.29) is 24.0 Å². The van der Waals surface area contributed by atoms with Crippen LogP contribution in [0.5, 0.6) is 0 Å². The molecule has 2 atom stereocenters. The lowest BCUT2D eigenvalue weighted by molar-refractivity contribution is -0.142. The van der Waals surface area contributed by atoms with E-state index in [0.29, 0.717) is 31.4 Å². The molecule has 0 spiro atoms. The molecule has 0 saturated carbocycles. The average molecular weight is 288 g/mol. The van der Waals surface area contributed by atoms with E-state index in [0.717, 1.165) is 5.56 Å². The highest BCUT2D eigenvalue weighted by molar-refractivity contribution is 5.87. The second-order valence-corrected chi connectivity index (χ2v) is 5.15. The lowest BCUT2D eigenvalue weighted by atomic mass is 9.90. The fraction of sp³-hybridized carbons (Fsp3) is 0.412. The molecule has 1 heterocycles. The number of hydrogen-bond acceptors (Lipinski definition) is 4. The highest BCUT2D eigenvalue weighted by Gasteiger charge is 2.35. The monoisotopic (exact) mass is 288 g/mol. The van der Waals surface area contributed by atoms with Crippen molar-refractivity contribution in [2.75, 3.05) is 6.61 Å². The van der Waals surface area contributed by atoms with Crippen LogP contribution in [-0.2, 0) is 19.1 Å². The van der Waals surface area contributed by atoms with Crippen molar-refractivity contribution in [2.45, 2.75) is 32.3 Å². The van der Waals surface area contributed by atoms with Crippen LogP contribution in [0.2, 0.25) is 0 Å². The summed E-state index contributed by atoms with van der Waals surface area (Å²) in [6, 6.07) is 9.69. The van der Waals surface area contributed by atoms with E-state index in [1.54, 1.807) is 6.92 Å². The van der Waals surface area contributed by atoms with Gasteiger partial charge in [-0.25, -0.2) is 4.79 Å². The highest BCUT2D eigenvalue weighted by Crippen LogP contribution is 2.38. The van der Waals surface area contributed by atoms with Gasteiger partial charge in [0.2, 0.25) is 0 Å². The van der Waals surface area contributed by atoms with Gasteiger partial charge in [0.1, 0.15) is 6.10 Å². The zero-order valence-corrected chi connectivity index (χ0v) is 12.2. The van der Waals surface area contributed by atoms with E-state index >= 15 is 0 Å². The fourth-order valence-corrected chi connectivity index (χ4v) is 2.54. The minimum atomic E-state index is -0.362. The van der Waals surface area contributed by atoms with E-state index in [4.69, 9.17) is 9.47 Å². The third-order valence-corrected chi connectivity index (χ3v) is 3.62. The van der Waals surface area contributed by atoms with Crippen molar-refractivity contribution in [3.63, 3.8) is 0 Å². The van der Waals surface area contributed by atoms with Gasteiger partial charge in [0.25, 0.3) is 0 Å². The number of carbonyl (C=O) groups excluding carboxylic acids is 2. The van der Waals surface area contributed by atoms with E-state index in [2.05, 4.69) is 6.58 Å². The molecule has 2 rings (SSSR count). The van der Waals surface area contributed by atoms with Gasteiger partial charge in [-0.1, -0.05) is 36.9 Å². The smallest absolute Gasteiger partial charge is 0.333 e. The molecule has 1 aromatic rings. The summed E-state index contributed by atoms with van der Waals surface area (Å²) in [6.07, 6.45) is 1.36. The van der Waals surface area contributed by atoms with Gasteiger partial charge in [0.05, 0.1) is 13.0 Å². The summed E-state index contributed by atoms with van der Waals surface area (Å²) in [4.78, 5) is 23.1. The van der Waals surface area contributed by atoms with Crippen LogP contribution >= 0.6 is 0 Å². The van der Waals surface area contributed by atoms with Gasteiger partial charge in [0, 0.05) is 11.5 Å². The molecule has 4 nitrogen and oxygen atoms in total. The zero-order chi connectivity index (χ0) is 15.2. The first-order valence-corrected chi connectivity index (χ1v) is 7.21. The Kier molecular flexibility index (Phi) is 5.14. The van der Waals surface area contributed by atoms with Crippen LogP contribution in [0.15, 0.2) is 42.5 Å². The number of esters is 2. The molecule has 21 heavy (non-hydrogen) atoms. The maximum absolute atomic E-state index is 11.6. The van der Waals surface area contributed by atoms with Crippen molar-refractivity contribution in [1.29, 1.82) is 0 Å². The molecule has 1 saturated heterocycles. The summed E-state index contributed by atoms with van der Waals surface area (Å²) in [7, 11) is 0. The molecule has 0 unspecified atom stereocenters. The van der Waals surface area contributed by atoms with Gasteiger partial charge in [0.15, 0.2) is 0 Å². The number of carbonyl (C=O) groups is 2. The quantitative estimate of drug-likeness (QED) is 0.596. The number of hydrogen-bond donors (Lipinski definition) is 0. The molecule has 0 radical (unpaired) electrons. The third-order valence-electron chi connectivity index (χ3n) is 3.62. The van der Waals surface area contributed by atoms with Gasteiger partial charge in [-0.2, -0.15) is 0 Å². The van der Waals surface area contributed by atoms with E-state index < -0.39 is 0 Å². The van der Waals surface area contributed by atoms with Crippen molar-refractivity contribution >= 4 is 11.9 Å². The summed E-state index contributed by atoms with van der Waals surface area (Å²) in [5, 5.41) is 0. The Labute approximate surface area is 124 Å². The van der Waals surface area contributed by atoms with Crippen molar-refractivity contribution < 1.29 is 19.1 Å². The predicted octanol–water partition coefficient (Wildman–Crippen LogP) is 3.19. The van der Waals surface area contributed by atoms with Crippen LogP contribution in [0.25, 0.3) is 0 Å². The Hall–Kier alpha value is -2.10. The van der Waals surface area contributed by atoms with Gasteiger partial charge < -0.3 is 9.47 Å². The number of cyclic esters (lactones) is 1. The maximum Gasteiger partial charge on any atom is 0.333 e. The summed E-state index contributed by atoms with van der Waals surface area (Å²) in [5.41, 5.74) is 1.44. The molecule has 0 aromatic heterocycles. The minimum absolute atomic E-state index is 0.0751. The van der Waals surface area contributed by atoms with E-state index in [1.807, 2.05) is 30.3 Å². The molecule has 112 valence electrons. The van der Waals surface area contributed by atoms with Crippen molar-refractivity contribution in [3.05, 3.63) is 48.0 Å². The largest absolute Gasteiger partial charge is 0.463 e. The second-order valence-electron chi connectivity index (χ2n) is 5.15. The Morgan fingerprint density at radius 1 is 1.38 bits per heavy atom. The lowest BCUT2D eigenvalue weighted by Gasteiger charge is -2.18. The lowest BCUT2D eigenvalue weighted by Crippen LogP contribution is -2.11. The molecule has 1 aliphatic rings. The van der Waals surface area contributed by atoms with Crippen molar-refractivity contribution in [2.24, 2.45) is 5.92 Å². The van der Waals surface area contributed by atoms with Crippen LogP contribution < -0.4 is 0 Å². The van der Waals surface area contributed by atoms with E-state index in [1.165, 1.54) is 0 Å². The van der Waals surface area contributed by atoms with Gasteiger partial charge >= 0.3 is 11.9 Å². The first kappa shape index (κ1) is 15.3. The Morgan fingerprint density at radius 3 is 2.76 bits per heavy atom. The SMILES string of the molecule is C=C(CC[C@@H]1CC(=O)O[C@H]1c1ccccc1)C(=O)OCC. The van der Waals surface area contributed by atoms with Crippen LogP contribution in [0, 0.1) is 5.92 Å². The molecule has 1 aromatic carbocycles. The van der Waals surface area contributed by atoms with Crippen LogP contribution in [-0.4, -0.2) is 18.5 Å². The second kappa shape index (κ2) is 7.07. The molecule has 1 fully saturated rings. The summed E-state index contributed by atoms with van der Waals surface area (Å²) >= 11 is 0. The Balaban J connectivity index is 1.96. The molecule has 0 aliphatic carbocycles. The predicted molar refractivity (Wildman–Crippen MR) is 78.4 cm³/mol. The molecule has 0 amide bonds. The maximum atomic E-state index is 11.6. The summed E-state index contributed by atoms with van der Waals surface area (Å²) in [6.45, 7) is 5.86. The van der Waals surface area contributed by atoms with Crippen molar-refractivity contribution in [1.82, 2.24) is 0 Å². The minimum Gasteiger partial charge on any atom is -0.463 e. The van der Waals surface area contributed by atoms with E-state index in [9.17, 15) is 9.59 Å². The fourth-order valence-electron chi connectivity index (χ4n) is 2.54. The molecular formula is C17H20O4. The van der Waals surface area contributed by atoms with Crippen LogP contribution in [0.4, 0.5) is 0 Å². The third kappa shape index (κ3) is 3.94. The molecule has 1 aliphatic heterocycles. The molecular weight excluding hydrogens is 268 g/mol. The number of rotatable bonds is 6. The van der Waals surface area contributed by atoms with Crippen LogP contribution in [0.3, 0.4) is 0 Å². The number of benzene rings is 1. The van der Waals surface area contributed by atoms with Gasteiger partial charge in [-0.05, 0) is 25.3 Å². The molecule has 4 heteroatoms. The summed E-state index contributed by atoms with van der Waals surface area (Å²) < 4.78 is 10.3. The standard InChI is InChI=1S/C17H20O4/c1-3-20-17(19)12(2)9-10-14-11-15(18)21-16(14)13-7-5-4-6-8-13/h4-8,14,16H,2-3,9-11H2,1H3/t14-,16+/m1/s1. The Bertz CT molecular complexity index is 521. The van der Waals surface area contributed by atoms with Gasteiger partial charge in [-0.3, -0.25) is 4.79 Å². The average Bonchev–Trinajstić information content (AvgIpc) is 2.87. The first-order chi connectivity index (χ1) is 10.1. The van der Waals surface area contributed by atoms with Gasteiger partial charge in [-0.15, -0.1) is 0 Å². The molecule has 0 bridgehead atoms.